The topological polar surface area (TPSA) is 35.5 Å². The second-order valence-corrected chi connectivity index (χ2v) is 5.44. The molecule has 0 N–H and O–H groups in total. The SMILES string of the molecule is Cc1cccc(OCC(=O)Oc2ccc(Cl)cc2Br)c1. The van der Waals surface area contributed by atoms with Crippen molar-refractivity contribution in [1.82, 2.24) is 0 Å². The van der Waals surface area contributed by atoms with Crippen LogP contribution in [0.5, 0.6) is 11.5 Å². The van der Waals surface area contributed by atoms with Crippen molar-refractivity contribution >= 4 is 33.5 Å². The van der Waals surface area contributed by atoms with Crippen LogP contribution in [0.2, 0.25) is 5.02 Å². The van der Waals surface area contributed by atoms with Crippen molar-refractivity contribution < 1.29 is 14.3 Å². The molecule has 104 valence electrons. The molecule has 2 aromatic rings. The highest BCUT2D eigenvalue weighted by Crippen LogP contribution is 2.28. The normalized spacial score (nSPS) is 10.2. The van der Waals surface area contributed by atoms with E-state index < -0.39 is 5.97 Å². The standard InChI is InChI=1S/C15H12BrClO3/c1-10-3-2-4-12(7-10)19-9-15(18)20-14-6-5-11(17)8-13(14)16/h2-8H,9H2,1H3. The Bertz CT molecular complexity index is 628. The van der Waals surface area contributed by atoms with Gasteiger partial charge in [-0.2, -0.15) is 0 Å². The van der Waals surface area contributed by atoms with E-state index in [0.29, 0.717) is 21.0 Å². The van der Waals surface area contributed by atoms with Gasteiger partial charge >= 0.3 is 5.97 Å². The summed E-state index contributed by atoms with van der Waals surface area (Å²) < 4.78 is 11.2. The van der Waals surface area contributed by atoms with Crippen LogP contribution in [0.15, 0.2) is 46.9 Å². The second kappa shape index (κ2) is 6.77. The van der Waals surface area contributed by atoms with Gasteiger partial charge in [-0.3, -0.25) is 0 Å². The maximum absolute atomic E-state index is 11.7. The van der Waals surface area contributed by atoms with Crippen molar-refractivity contribution in [2.75, 3.05) is 6.61 Å². The predicted molar refractivity (Wildman–Crippen MR) is 81.5 cm³/mol. The highest BCUT2D eigenvalue weighted by molar-refractivity contribution is 9.10. The maximum Gasteiger partial charge on any atom is 0.349 e. The average molecular weight is 356 g/mol. The number of carbonyl (C=O) groups is 1. The van der Waals surface area contributed by atoms with Gasteiger partial charge in [0, 0.05) is 5.02 Å². The van der Waals surface area contributed by atoms with Gasteiger partial charge in [-0.15, -0.1) is 0 Å². The summed E-state index contributed by atoms with van der Waals surface area (Å²) in [6.45, 7) is 1.80. The Kier molecular flexibility index (Phi) is 5.04. The van der Waals surface area contributed by atoms with Crippen molar-refractivity contribution in [2.24, 2.45) is 0 Å². The first-order chi connectivity index (χ1) is 9.54. The summed E-state index contributed by atoms with van der Waals surface area (Å²) in [6.07, 6.45) is 0. The fraction of sp³-hybridized carbons (Fsp3) is 0.133. The number of ether oxygens (including phenoxy) is 2. The monoisotopic (exact) mass is 354 g/mol. The van der Waals surface area contributed by atoms with Crippen LogP contribution in [0.4, 0.5) is 0 Å². The van der Waals surface area contributed by atoms with Gasteiger partial charge in [0.2, 0.25) is 0 Å². The van der Waals surface area contributed by atoms with Crippen LogP contribution in [0.25, 0.3) is 0 Å². The molecule has 0 fully saturated rings. The van der Waals surface area contributed by atoms with Gasteiger partial charge in [0.1, 0.15) is 11.5 Å². The summed E-state index contributed by atoms with van der Waals surface area (Å²) in [6, 6.07) is 12.4. The third-order valence-corrected chi connectivity index (χ3v) is 3.32. The lowest BCUT2D eigenvalue weighted by atomic mass is 10.2. The van der Waals surface area contributed by atoms with E-state index in [1.54, 1.807) is 24.3 Å². The van der Waals surface area contributed by atoms with Crippen LogP contribution in [0.3, 0.4) is 0 Å². The van der Waals surface area contributed by atoms with Crippen molar-refractivity contribution in [1.29, 1.82) is 0 Å². The Hall–Kier alpha value is -1.52. The summed E-state index contributed by atoms with van der Waals surface area (Å²) >= 11 is 9.09. The van der Waals surface area contributed by atoms with E-state index in [0.717, 1.165) is 5.56 Å². The molecule has 0 aliphatic carbocycles. The molecule has 0 bridgehead atoms. The van der Waals surface area contributed by atoms with E-state index in [4.69, 9.17) is 21.1 Å². The van der Waals surface area contributed by atoms with Gasteiger partial charge in [-0.1, -0.05) is 23.7 Å². The van der Waals surface area contributed by atoms with Crippen LogP contribution >= 0.6 is 27.5 Å². The van der Waals surface area contributed by atoms with Crippen molar-refractivity contribution in [3.05, 3.63) is 57.5 Å². The summed E-state index contributed by atoms with van der Waals surface area (Å²) in [7, 11) is 0. The molecule has 0 aliphatic rings. The molecule has 5 heteroatoms. The van der Waals surface area contributed by atoms with E-state index in [9.17, 15) is 4.79 Å². The highest BCUT2D eigenvalue weighted by atomic mass is 79.9. The molecule has 0 atom stereocenters. The minimum absolute atomic E-state index is 0.154. The lowest BCUT2D eigenvalue weighted by Crippen LogP contribution is -2.17. The lowest BCUT2D eigenvalue weighted by Gasteiger charge is -2.08. The van der Waals surface area contributed by atoms with Crippen LogP contribution in [-0.4, -0.2) is 12.6 Å². The number of aryl methyl sites for hydroxylation is 1. The molecular weight excluding hydrogens is 344 g/mol. The Morgan fingerprint density at radius 2 is 2.05 bits per heavy atom. The molecule has 0 aliphatic heterocycles. The molecule has 0 spiro atoms. The highest BCUT2D eigenvalue weighted by Gasteiger charge is 2.09. The number of benzene rings is 2. The van der Waals surface area contributed by atoms with Gasteiger partial charge in [-0.25, -0.2) is 4.79 Å². The van der Waals surface area contributed by atoms with Gasteiger partial charge in [0.05, 0.1) is 4.47 Å². The quantitative estimate of drug-likeness (QED) is 0.602. The van der Waals surface area contributed by atoms with E-state index in [-0.39, 0.29) is 6.61 Å². The third kappa shape index (κ3) is 4.25. The molecule has 0 unspecified atom stereocenters. The first-order valence-electron chi connectivity index (χ1n) is 5.90. The summed E-state index contributed by atoms with van der Waals surface area (Å²) in [5.41, 5.74) is 1.07. The van der Waals surface area contributed by atoms with Crippen molar-refractivity contribution in [2.45, 2.75) is 6.92 Å². The average Bonchev–Trinajstić information content (AvgIpc) is 2.40. The number of esters is 1. The van der Waals surface area contributed by atoms with Gasteiger partial charge in [0.15, 0.2) is 6.61 Å². The first kappa shape index (κ1) is 14.9. The van der Waals surface area contributed by atoms with Crippen LogP contribution in [-0.2, 0) is 4.79 Å². The molecule has 0 saturated carbocycles. The zero-order valence-corrected chi connectivity index (χ0v) is 13.1. The Labute approximate surface area is 130 Å². The second-order valence-electron chi connectivity index (χ2n) is 4.15. The fourth-order valence-corrected chi connectivity index (χ4v) is 2.32. The molecule has 0 amide bonds. The molecular formula is C15H12BrClO3. The third-order valence-electron chi connectivity index (χ3n) is 2.46. The van der Waals surface area contributed by atoms with E-state index in [2.05, 4.69) is 15.9 Å². The van der Waals surface area contributed by atoms with Crippen LogP contribution in [0, 0.1) is 6.92 Å². The zero-order chi connectivity index (χ0) is 14.5. The maximum atomic E-state index is 11.7. The molecule has 20 heavy (non-hydrogen) atoms. The molecule has 0 heterocycles. The summed E-state index contributed by atoms with van der Waals surface area (Å²) in [4.78, 5) is 11.7. The molecule has 3 nitrogen and oxygen atoms in total. The Balaban J connectivity index is 1.92. The fourth-order valence-electron chi connectivity index (χ4n) is 1.56. The minimum atomic E-state index is -0.477. The largest absolute Gasteiger partial charge is 0.482 e. The predicted octanol–water partition coefficient (Wildman–Crippen LogP) is 4.40. The van der Waals surface area contributed by atoms with E-state index >= 15 is 0 Å². The number of rotatable bonds is 4. The van der Waals surface area contributed by atoms with Crippen molar-refractivity contribution in [3.8, 4) is 11.5 Å². The smallest absolute Gasteiger partial charge is 0.349 e. The molecule has 0 aromatic heterocycles. The van der Waals surface area contributed by atoms with E-state index in [1.807, 2.05) is 25.1 Å². The summed E-state index contributed by atoms with van der Waals surface area (Å²) in [5.74, 6) is 0.568. The number of hydrogen-bond donors (Lipinski definition) is 0. The van der Waals surface area contributed by atoms with Crippen molar-refractivity contribution in [3.63, 3.8) is 0 Å². The molecule has 0 saturated heterocycles. The number of halogens is 2. The molecule has 2 aromatic carbocycles. The first-order valence-corrected chi connectivity index (χ1v) is 7.07. The van der Waals surface area contributed by atoms with E-state index in [1.165, 1.54) is 0 Å². The number of carbonyl (C=O) groups excluding carboxylic acids is 1. The summed E-state index contributed by atoms with van der Waals surface area (Å²) in [5, 5.41) is 0.563. The minimum Gasteiger partial charge on any atom is -0.482 e. The van der Waals surface area contributed by atoms with Gasteiger partial charge in [-0.05, 0) is 58.7 Å². The van der Waals surface area contributed by atoms with Gasteiger partial charge < -0.3 is 9.47 Å². The molecule has 0 radical (unpaired) electrons. The lowest BCUT2D eigenvalue weighted by molar-refractivity contribution is -0.136. The number of hydrogen-bond acceptors (Lipinski definition) is 3. The zero-order valence-electron chi connectivity index (χ0n) is 10.7. The van der Waals surface area contributed by atoms with Crippen LogP contribution < -0.4 is 9.47 Å². The van der Waals surface area contributed by atoms with Gasteiger partial charge in [0.25, 0.3) is 0 Å². The Morgan fingerprint density at radius 3 is 2.75 bits per heavy atom. The van der Waals surface area contributed by atoms with Crippen LogP contribution in [0.1, 0.15) is 5.56 Å². The molecule has 2 rings (SSSR count). The Morgan fingerprint density at radius 1 is 1.25 bits per heavy atom.